The van der Waals surface area contributed by atoms with Gasteiger partial charge in [-0.2, -0.15) is 0 Å². The van der Waals surface area contributed by atoms with E-state index in [1.54, 1.807) is 4.90 Å². The van der Waals surface area contributed by atoms with Crippen molar-refractivity contribution in [2.45, 2.75) is 71.0 Å². The first-order chi connectivity index (χ1) is 10.5. The number of nitrogens with zero attached hydrogens (tertiary/aromatic N) is 1. The molecule has 0 bridgehead atoms. The number of hydrogen-bond donors (Lipinski definition) is 1. The monoisotopic (exact) mass is 311 g/mol. The van der Waals surface area contributed by atoms with Gasteiger partial charge in [-0.05, 0) is 25.7 Å². The van der Waals surface area contributed by atoms with Crippen molar-refractivity contribution in [1.29, 1.82) is 0 Å². The number of amides is 1. The Kier molecular flexibility index (Phi) is 6.24. The van der Waals surface area contributed by atoms with E-state index in [9.17, 15) is 9.59 Å². The third-order valence-corrected chi connectivity index (χ3v) is 4.93. The topological polar surface area (TPSA) is 66.8 Å². The molecule has 1 saturated carbocycles. The summed E-state index contributed by atoms with van der Waals surface area (Å²) in [5, 5.41) is 9.16. The summed E-state index contributed by atoms with van der Waals surface area (Å²) in [7, 11) is 0. The smallest absolute Gasteiger partial charge is 0.334 e. The van der Waals surface area contributed by atoms with E-state index in [0.29, 0.717) is 12.5 Å². The van der Waals surface area contributed by atoms with Gasteiger partial charge in [-0.15, -0.1) is 0 Å². The molecule has 1 saturated heterocycles. The molecule has 0 aromatic rings. The molecule has 1 heterocycles. The highest BCUT2D eigenvalue weighted by Gasteiger charge is 2.35. The molecule has 2 fully saturated rings. The van der Waals surface area contributed by atoms with Crippen LogP contribution in [0.5, 0.6) is 0 Å². The minimum absolute atomic E-state index is 0.0489. The first-order valence-corrected chi connectivity index (χ1v) is 8.68. The third kappa shape index (κ3) is 4.45. The molecule has 1 N–H and O–H groups in total. The van der Waals surface area contributed by atoms with Gasteiger partial charge in [0.25, 0.3) is 0 Å². The van der Waals surface area contributed by atoms with Crippen molar-refractivity contribution in [3.05, 3.63) is 0 Å². The fourth-order valence-corrected chi connectivity index (χ4v) is 3.87. The molecule has 0 radical (unpaired) electrons. The normalized spacial score (nSPS) is 27.8. The third-order valence-electron chi connectivity index (χ3n) is 4.93. The maximum absolute atomic E-state index is 12.9. The molecule has 3 atom stereocenters. The van der Waals surface area contributed by atoms with Crippen molar-refractivity contribution < 1.29 is 19.4 Å². The van der Waals surface area contributed by atoms with Crippen LogP contribution < -0.4 is 0 Å². The van der Waals surface area contributed by atoms with Crippen LogP contribution in [0.1, 0.15) is 58.8 Å². The van der Waals surface area contributed by atoms with Crippen molar-refractivity contribution in [1.82, 2.24) is 4.90 Å². The fourth-order valence-electron chi connectivity index (χ4n) is 3.87. The van der Waals surface area contributed by atoms with Crippen LogP contribution in [0.3, 0.4) is 0 Å². The van der Waals surface area contributed by atoms with E-state index in [1.807, 2.05) is 6.92 Å². The predicted molar refractivity (Wildman–Crippen MR) is 83.5 cm³/mol. The molecule has 0 spiro atoms. The second-order valence-electron chi connectivity index (χ2n) is 6.89. The highest BCUT2D eigenvalue weighted by atomic mass is 16.5. The van der Waals surface area contributed by atoms with Gasteiger partial charge in [0.05, 0.1) is 12.6 Å². The molecular formula is C17H29NO4. The number of rotatable bonds is 6. The van der Waals surface area contributed by atoms with Crippen LogP contribution in [-0.2, 0) is 14.3 Å². The fraction of sp³-hybridized carbons (Fsp3) is 0.882. The maximum Gasteiger partial charge on any atom is 0.334 e. The van der Waals surface area contributed by atoms with Gasteiger partial charge >= 0.3 is 5.97 Å². The predicted octanol–water partition coefficient (Wildman–Crippen LogP) is 2.68. The van der Waals surface area contributed by atoms with Gasteiger partial charge in [0, 0.05) is 12.5 Å². The number of carbonyl (C=O) groups is 2. The van der Waals surface area contributed by atoms with Gasteiger partial charge < -0.3 is 14.7 Å². The quantitative estimate of drug-likeness (QED) is 0.819. The molecule has 22 heavy (non-hydrogen) atoms. The highest BCUT2D eigenvalue weighted by Crippen LogP contribution is 2.32. The standard InChI is InChI=1S/C17H29NO4/c1-3-6-14(9-13-7-4-5-8-13)16(19)18-10-12(2)22-15(11-18)17(20)21/h12-15H,3-11H2,1-2H3,(H,20,21)/t12-,14?,15?/m1/s1. The van der Waals surface area contributed by atoms with Crippen LogP contribution in [0, 0.1) is 11.8 Å². The lowest BCUT2D eigenvalue weighted by molar-refractivity contribution is -0.168. The number of aliphatic carboxylic acids is 1. The van der Waals surface area contributed by atoms with Gasteiger partial charge in [-0.3, -0.25) is 4.79 Å². The zero-order chi connectivity index (χ0) is 16.1. The average molecular weight is 311 g/mol. The first-order valence-electron chi connectivity index (χ1n) is 8.68. The molecule has 1 amide bonds. The van der Waals surface area contributed by atoms with E-state index >= 15 is 0 Å². The lowest BCUT2D eigenvalue weighted by atomic mass is 9.89. The highest BCUT2D eigenvalue weighted by molar-refractivity contribution is 5.80. The second kappa shape index (κ2) is 7.95. The molecule has 2 rings (SSSR count). The van der Waals surface area contributed by atoms with E-state index in [1.165, 1.54) is 25.7 Å². The Balaban J connectivity index is 1.99. The van der Waals surface area contributed by atoms with Crippen LogP contribution in [0.4, 0.5) is 0 Å². The number of ether oxygens (including phenoxy) is 1. The Morgan fingerprint density at radius 3 is 2.55 bits per heavy atom. The van der Waals surface area contributed by atoms with E-state index in [-0.39, 0.29) is 24.5 Å². The van der Waals surface area contributed by atoms with Gasteiger partial charge in [0.2, 0.25) is 5.91 Å². The van der Waals surface area contributed by atoms with Gasteiger partial charge in [0.1, 0.15) is 0 Å². The summed E-state index contributed by atoms with van der Waals surface area (Å²) in [5.74, 6) is -0.121. The lowest BCUT2D eigenvalue weighted by Gasteiger charge is -2.37. The van der Waals surface area contributed by atoms with Crippen LogP contribution in [0.25, 0.3) is 0 Å². The summed E-state index contributed by atoms with van der Waals surface area (Å²) in [6.45, 7) is 4.63. The van der Waals surface area contributed by atoms with E-state index < -0.39 is 12.1 Å². The Labute approximate surface area is 133 Å². The summed E-state index contributed by atoms with van der Waals surface area (Å²) in [5.41, 5.74) is 0. The number of carboxylic acids is 1. The SMILES string of the molecule is CCCC(CC1CCCC1)C(=O)N1CC(C(=O)O)O[C@H](C)C1. The summed E-state index contributed by atoms with van der Waals surface area (Å²) in [6.07, 6.45) is 6.81. The van der Waals surface area contributed by atoms with Crippen molar-refractivity contribution in [3.63, 3.8) is 0 Å². The molecule has 126 valence electrons. The summed E-state index contributed by atoms with van der Waals surface area (Å²) >= 11 is 0. The zero-order valence-corrected chi connectivity index (χ0v) is 13.8. The minimum Gasteiger partial charge on any atom is -0.479 e. The Hall–Kier alpha value is -1.10. The average Bonchev–Trinajstić information content (AvgIpc) is 2.98. The molecule has 0 aromatic heterocycles. The molecular weight excluding hydrogens is 282 g/mol. The van der Waals surface area contributed by atoms with Crippen LogP contribution in [0.2, 0.25) is 0 Å². The van der Waals surface area contributed by atoms with E-state index in [4.69, 9.17) is 9.84 Å². The van der Waals surface area contributed by atoms with E-state index in [0.717, 1.165) is 19.3 Å². The molecule has 1 aliphatic carbocycles. The van der Waals surface area contributed by atoms with Gasteiger partial charge in [0.15, 0.2) is 6.10 Å². The number of hydrogen-bond acceptors (Lipinski definition) is 3. The molecule has 1 aliphatic heterocycles. The van der Waals surface area contributed by atoms with Crippen molar-refractivity contribution >= 4 is 11.9 Å². The summed E-state index contributed by atoms with van der Waals surface area (Å²) in [4.78, 5) is 25.8. The van der Waals surface area contributed by atoms with Crippen LogP contribution in [0.15, 0.2) is 0 Å². The van der Waals surface area contributed by atoms with Gasteiger partial charge in [-0.1, -0.05) is 39.0 Å². The number of morpholine rings is 1. The summed E-state index contributed by atoms with van der Waals surface area (Å²) < 4.78 is 5.41. The van der Waals surface area contributed by atoms with E-state index in [2.05, 4.69) is 6.92 Å². The Bertz CT molecular complexity index is 392. The Morgan fingerprint density at radius 1 is 1.27 bits per heavy atom. The molecule has 2 unspecified atom stereocenters. The minimum atomic E-state index is -0.979. The molecule has 5 nitrogen and oxygen atoms in total. The molecule has 0 aromatic carbocycles. The van der Waals surface area contributed by atoms with Gasteiger partial charge in [-0.25, -0.2) is 4.79 Å². The zero-order valence-electron chi connectivity index (χ0n) is 13.8. The maximum atomic E-state index is 12.9. The van der Waals surface area contributed by atoms with Crippen LogP contribution in [-0.4, -0.2) is 47.2 Å². The summed E-state index contributed by atoms with van der Waals surface area (Å²) in [6, 6.07) is 0. The van der Waals surface area contributed by atoms with Crippen molar-refractivity contribution in [3.8, 4) is 0 Å². The van der Waals surface area contributed by atoms with Crippen LogP contribution >= 0.6 is 0 Å². The number of carboxylic acid groups (broad SMARTS) is 1. The molecule has 2 aliphatic rings. The second-order valence-corrected chi connectivity index (χ2v) is 6.89. The largest absolute Gasteiger partial charge is 0.479 e. The number of carbonyl (C=O) groups excluding carboxylic acids is 1. The molecule has 5 heteroatoms. The van der Waals surface area contributed by atoms with Crippen molar-refractivity contribution in [2.24, 2.45) is 11.8 Å². The first kappa shape index (κ1) is 17.3. The van der Waals surface area contributed by atoms with Crippen molar-refractivity contribution in [2.75, 3.05) is 13.1 Å². The Morgan fingerprint density at radius 2 is 1.95 bits per heavy atom. The lowest BCUT2D eigenvalue weighted by Crippen LogP contribution is -2.53.